The van der Waals surface area contributed by atoms with Crippen molar-refractivity contribution in [2.24, 2.45) is 0 Å². The van der Waals surface area contributed by atoms with E-state index in [9.17, 15) is 0 Å². The Morgan fingerprint density at radius 2 is 1.95 bits per heavy atom. The van der Waals surface area contributed by atoms with Crippen LogP contribution in [0.15, 0.2) is 18.2 Å². The Hall–Kier alpha value is -0.320. The van der Waals surface area contributed by atoms with E-state index >= 15 is 0 Å². The molecule has 0 unspecified atom stereocenters. The molecule has 1 atom stereocenters. The van der Waals surface area contributed by atoms with Gasteiger partial charge in [-0.15, -0.1) is 0 Å². The van der Waals surface area contributed by atoms with Crippen molar-refractivity contribution in [2.45, 2.75) is 37.9 Å². The molecule has 0 amide bonds. The lowest BCUT2D eigenvalue weighted by Gasteiger charge is -2.38. The molecule has 2 heterocycles. The average molecular weight is 329 g/mol. The lowest BCUT2D eigenvalue weighted by Crippen LogP contribution is -2.46. The molecule has 2 fully saturated rings. The van der Waals surface area contributed by atoms with Crippen molar-refractivity contribution in [2.75, 3.05) is 26.3 Å². The van der Waals surface area contributed by atoms with Gasteiger partial charge in [-0.3, -0.25) is 4.90 Å². The zero-order valence-electron chi connectivity index (χ0n) is 12.2. The molecule has 0 bridgehead atoms. The van der Waals surface area contributed by atoms with Crippen LogP contribution in [0.2, 0.25) is 10.0 Å². The van der Waals surface area contributed by atoms with Crippen molar-refractivity contribution in [1.29, 1.82) is 0 Å². The predicted molar refractivity (Wildman–Crippen MR) is 87.1 cm³/mol. The monoisotopic (exact) mass is 328 g/mol. The van der Waals surface area contributed by atoms with Crippen LogP contribution in [0.5, 0.6) is 0 Å². The van der Waals surface area contributed by atoms with E-state index in [1.54, 1.807) is 0 Å². The number of hydrogen-bond donors (Lipinski definition) is 1. The number of ether oxygens (including phenoxy) is 1. The average Bonchev–Trinajstić information content (AvgIpc) is 3.01. The van der Waals surface area contributed by atoms with Crippen LogP contribution in [-0.4, -0.2) is 43.3 Å². The summed E-state index contributed by atoms with van der Waals surface area (Å²) in [5, 5.41) is 4.94. The number of benzene rings is 1. The van der Waals surface area contributed by atoms with Gasteiger partial charge in [0.15, 0.2) is 0 Å². The molecule has 3 rings (SSSR count). The smallest absolute Gasteiger partial charge is 0.0480 e. The molecule has 0 aromatic heterocycles. The van der Waals surface area contributed by atoms with E-state index < -0.39 is 0 Å². The summed E-state index contributed by atoms with van der Waals surface area (Å²) in [5.41, 5.74) is 1.17. The van der Waals surface area contributed by atoms with Gasteiger partial charge in [-0.2, -0.15) is 0 Å². The molecule has 2 saturated heterocycles. The molecule has 1 N–H and O–H groups in total. The standard InChI is InChI=1S/C16H22Cl2N2O/c17-13-2-1-12(16(18)9-13)11-20(15-3-6-19-10-15)14-4-7-21-8-5-14/h1-2,9,14-15,19H,3-8,10-11H2/t15-/m0/s1. The molecular weight excluding hydrogens is 307 g/mol. The molecule has 3 nitrogen and oxygen atoms in total. The molecule has 1 aromatic carbocycles. The number of nitrogens with zero attached hydrogens (tertiary/aromatic N) is 1. The molecule has 0 saturated carbocycles. The lowest BCUT2D eigenvalue weighted by molar-refractivity contribution is 0.0159. The minimum Gasteiger partial charge on any atom is -0.381 e. The fraction of sp³-hybridized carbons (Fsp3) is 0.625. The maximum Gasteiger partial charge on any atom is 0.0480 e. The maximum atomic E-state index is 6.37. The molecule has 21 heavy (non-hydrogen) atoms. The highest BCUT2D eigenvalue weighted by atomic mass is 35.5. The molecule has 116 valence electrons. The largest absolute Gasteiger partial charge is 0.381 e. The van der Waals surface area contributed by atoms with Crippen LogP contribution in [0, 0.1) is 0 Å². The van der Waals surface area contributed by atoms with Crippen LogP contribution >= 0.6 is 23.2 Å². The second-order valence-corrected chi connectivity index (χ2v) is 6.74. The van der Waals surface area contributed by atoms with Crippen LogP contribution in [0.3, 0.4) is 0 Å². The van der Waals surface area contributed by atoms with Crippen LogP contribution in [-0.2, 0) is 11.3 Å². The van der Waals surface area contributed by atoms with E-state index in [0.717, 1.165) is 50.7 Å². The number of halogens is 2. The van der Waals surface area contributed by atoms with Crippen LogP contribution in [0.4, 0.5) is 0 Å². The topological polar surface area (TPSA) is 24.5 Å². The van der Waals surface area contributed by atoms with Crippen molar-refractivity contribution in [3.05, 3.63) is 33.8 Å². The highest BCUT2D eigenvalue weighted by Crippen LogP contribution is 2.27. The van der Waals surface area contributed by atoms with E-state index in [1.165, 1.54) is 12.0 Å². The van der Waals surface area contributed by atoms with Gasteiger partial charge in [-0.1, -0.05) is 29.3 Å². The molecule has 2 aliphatic heterocycles. The summed E-state index contributed by atoms with van der Waals surface area (Å²) in [6.45, 7) is 4.82. The number of nitrogens with one attached hydrogen (secondary N) is 1. The van der Waals surface area contributed by atoms with Crippen molar-refractivity contribution >= 4 is 23.2 Å². The minimum atomic E-state index is 0.593. The second-order valence-electron chi connectivity index (χ2n) is 5.90. The van der Waals surface area contributed by atoms with Crippen molar-refractivity contribution in [3.8, 4) is 0 Å². The first-order chi connectivity index (χ1) is 10.2. The van der Waals surface area contributed by atoms with Gasteiger partial charge in [-0.25, -0.2) is 0 Å². The summed E-state index contributed by atoms with van der Waals surface area (Å²) >= 11 is 12.4. The SMILES string of the molecule is Clc1ccc(CN(C2CCOCC2)[C@H]2CCNC2)c(Cl)c1. The first-order valence-corrected chi connectivity index (χ1v) is 8.48. The normalized spacial score (nSPS) is 23.9. The van der Waals surface area contributed by atoms with Gasteiger partial charge in [0, 0.05) is 48.4 Å². The quantitative estimate of drug-likeness (QED) is 0.917. The minimum absolute atomic E-state index is 0.593. The molecule has 2 aliphatic rings. The highest BCUT2D eigenvalue weighted by Gasteiger charge is 2.30. The summed E-state index contributed by atoms with van der Waals surface area (Å²) in [5.74, 6) is 0. The zero-order chi connectivity index (χ0) is 14.7. The van der Waals surface area contributed by atoms with Gasteiger partial charge in [0.2, 0.25) is 0 Å². The Bertz CT molecular complexity index is 471. The molecule has 1 aromatic rings. The van der Waals surface area contributed by atoms with Gasteiger partial charge in [0.25, 0.3) is 0 Å². The summed E-state index contributed by atoms with van der Waals surface area (Å²) in [6.07, 6.45) is 3.44. The third-order valence-corrected chi connectivity index (χ3v) is 5.12. The summed E-state index contributed by atoms with van der Waals surface area (Å²) < 4.78 is 5.52. The Morgan fingerprint density at radius 3 is 2.62 bits per heavy atom. The van der Waals surface area contributed by atoms with E-state index in [4.69, 9.17) is 27.9 Å². The van der Waals surface area contributed by atoms with Crippen molar-refractivity contribution in [1.82, 2.24) is 10.2 Å². The Kier molecular flexibility index (Phi) is 5.41. The van der Waals surface area contributed by atoms with Gasteiger partial charge < -0.3 is 10.1 Å². The first-order valence-electron chi connectivity index (χ1n) is 7.72. The van der Waals surface area contributed by atoms with Crippen molar-refractivity contribution < 1.29 is 4.74 Å². The number of rotatable bonds is 4. The van der Waals surface area contributed by atoms with E-state index in [2.05, 4.69) is 16.3 Å². The molecule has 0 aliphatic carbocycles. The van der Waals surface area contributed by atoms with Gasteiger partial charge >= 0.3 is 0 Å². The predicted octanol–water partition coefficient (Wildman–Crippen LogP) is 3.34. The Morgan fingerprint density at radius 1 is 1.14 bits per heavy atom. The fourth-order valence-corrected chi connectivity index (χ4v) is 3.81. The first kappa shape index (κ1) is 15.6. The second kappa shape index (κ2) is 7.30. The van der Waals surface area contributed by atoms with Gasteiger partial charge in [-0.05, 0) is 43.5 Å². The molecule has 0 spiro atoms. The van der Waals surface area contributed by atoms with E-state index in [-0.39, 0.29) is 0 Å². The Labute approximate surface area is 136 Å². The summed E-state index contributed by atoms with van der Waals surface area (Å²) in [6, 6.07) is 7.01. The van der Waals surface area contributed by atoms with Crippen LogP contribution < -0.4 is 5.32 Å². The van der Waals surface area contributed by atoms with Gasteiger partial charge in [0.05, 0.1) is 0 Å². The highest BCUT2D eigenvalue weighted by molar-refractivity contribution is 6.35. The fourth-order valence-electron chi connectivity index (χ4n) is 3.34. The zero-order valence-corrected chi connectivity index (χ0v) is 13.7. The number of hydrogen-bond acceptors (Lipinski definition) is 3. The third-order valence-electron chi connectivity index (χ3n) is 4.53. The molecule has 0 radical (unpaired) electrons. The maximum absolute atomic E-state index is 6.37. The molecular formula is C16H22Cl2N2O. The van der Waals surface area contributed by atoms with Crippen LogP contribution in [0.1, 0.15) is 24.8 Å². The van der Waals surface area contributed by atoms with Crippen LogP contribution in [0.25, 0.3) is 0 Å². The van der Waals surface area contributed by atoms with E-state index in [0.29, 0.717) is 17.1 Å². The lowest BCUT2D eigenvalue weighted by atomic mass is 10.0. The van der Waals surface area contributed by atoms with Crippen molar-refractivity contribution in [3.63, 3.8) is 0 Å². The third kappa shape index (κ3) is 3.91. The van der Waals surface area contributed by atoms with Gasteiger partial charge in [0.1, 0.15) is 0 Å². The Balaban J connectivity index is 1.77. The van der Waals surface area contributed by atoms with E-state index in [1.807, 2.05) is 12.1 Å². The summed E-state index contributed by atoms with van der Waals surface area (Å²) in [7, 11) is 0. The summed E-state index contributed by atoms with van der Waals surface area (Å²) in [4.78, 5) is 2.62. The molecule has 5 heteroatoms.